The molecule has 0 bridgehead atoms. The van der Waals surface area contributed by atoms with E-state index >= 15 is 0 Å². The monoisotopic (exact) mass is 276 g/mol. The lowest BCUT2D eigenvalue weighted by Gasteiger charge is -2.27. The highest BCUT2D eigenvalue weighted by molar-refractivity contribution is 7.92. The van der Waals surface area contributed by atoms with Crippen LogP contribution in [0.25, 0.3) is 0 Å². The normalized spacial score (nSPS) is 21.4. The van der Waals surface area contributed by atoms with Crippen LogP contribution in [0.4, 0.5) is 0 Å². The Labute approximate surface area is 105 Å². The molecule has 0 radical (unpaired) electrons. The number of rotatable bonds is 3. The third kappa shape index (κ3) is 2.87. The second kappa shape index (κ2) is 4.68. The highest BCUT2D eigenvalue weighted by Crippen LogP contribution is 2.16. The molecule has 3 amide bonds. The summed E-state index contributed by atoms with van der Waals surface area (Å²) in [5.41, 5.74) is 0. The molecule has 1 aliphatic rings. The third-order valence-electron chi connectivity index (χ3n) is 3.02. The van der Waals surface area contributed by atoms with Gasteiger partial charge in [0.05, 0.1) is 0 Å². The summed E-state index contributed by atoms with van der Waals surface area (Å²) in [4.78, 5) is 34.2. The summed E-state index contributed by atoms with van der Waals surface area (Å²) in [6.07, 6.45) is 1.25. The van der Waals surface area contributed by atoms with E-state index in [9.17, 15) is 22.8 Å². The second-order valence-electron chi connectivity index (χ2n) is 4.76. The summed E-state index contributed by atoms with van der Waals surface area (Å²) >= 11 is 0. The minimum absolute atomic E-state index is 0.121. The Kier molecular flexibility index (Phi) is 3.80. The van der Waals surface area contributed by atoms with E-state index in [0.29, 0.717) is 0 Å². The molecule has 0 spiro atoms. The fourth-order valence-electron chi connectivity index (χ4n) is 1.33. The quantitative estimate of drug-likeness (QED) is 0.625. The Balaban J connectivity index is 2.77. The maximum Gasteiger partial charge on any atom is 0.249 e. The van der Waals surface area contributed by atoms with E-state index in [2.05, 4.69) is 10.6 Å². The molecule has 0 aromatic heterocycles. The maximum atomic E-state index is 11.9. The summed E-state index contributed by atoms with van der Waals surface area (Å²) < 4.78 is 21.3. The van der Waals surface area contributed by atoms with Gasteiger partial charge in [-0.3, -0.25) is 19.7 Å². The number of imide groups is 1. The Bertz CT molecular complexity index is 494. The van der Waals surface area contributed by atoms with Gasteiger partial charge < -0.3 is 5.32 Å². The highest BCUT2D eigenvalue weighted by Gasteiger charge is 2.40. The molecule has 102 valence electrons. The van der Waals surface area contributed by atoms with E-state index in [-0.39, 0.29) is 12.8 Å². The SMILES string of the molecule is CC(C)(C(=O)NC1CCC(=O)NC1=O)S(C)(=O)=O. The number of carbonyl (C=O) groups excluding carboxylic acids is 3. The van der Waals surface area contributed by atoms with Gasteiger partial charge in [0.2, 0.25) is 17.7 Å². The topological polar surface area (TPSA) is 109 Å². The molecule has 2 N–H and O–H groups in total. The molecule has 1 aliphatic heterocycles. The predicted molar refractivity (Wildman–Crippen MR) is 63.2 cm³/mol. The van der Waals surface area contributed by atoms with Crippen molar-refractivity contribution in [2.45, 2.75) is 37.5 Å². The highest BCUT2D eigenvalue weighted by atomic mass is 32.2. The summed E-state index contributed by atoms with van der Waals surface area (Å²) in [5.74, 6) is -1.75. The lowest BCUT2D eigenvalue weighted by Crippen LogP contribution is -2.57. The van der Waals surface area contributed by atoms with Crippen molar-refractivity contribution in [2.24, 2.45) is 0 Å². The number of carbonyl (C=O) groups is 3. The van der Waals surface area contributed by atoms with Crippen LogP contribution in [0.5, 0.6) is 0 Å². The van der Waals surface area contributed by atoms with Crippen molar-refractivity contribution in [3.05, 3.63) is 0 Å². The molecule has 1 rings (SSSR count). The van der Waals surface area contributed by atoms with E-state index in [1.54, 1.807) is 0 Å². The van der Waals surface area contributed by atoms with Gasteiger partial charge in [-0.05, 0) is 20.3 Å². The Hall–Kier alpha value is -1.44. The van der Waals surface area contributed by atoms with E-state index in [4.69, 9.17) is 0 Å². The largest absolute Gasteiger partial charge is 0.343 e. The van der Waals surface area contributed by atoms with Crippen molar-refractivity contribution < 1.29 is 22.8 Å². The van der Waals surface area contributed by atoms with Crippen molar-refractivity contribution >= 4 is 27.6 Å². The lowest BCUT2D eigenvalue weighted by atomic mass is 10.0. The molecule has 0 aromatic carbocycles. The summed E-state index contributed by atoms with van der Waals surface area (Å²) in [6, 6.07) is -0.865. The average Bonchev–Trinajstić information content (AvgIpc) is 2.20. The molecular formula is C10H16N2O5S. The number of hydrogen-bond donors (Lipinski definition) is 2. The summed E-state index contributed by atoms with van der Waals surface area (Å²) in [7, 11) is -3.59. The molecule has 0 aliphatic carbocycles. The summed E-state index contributed by atoms with van der Waals surface area (Å²) in [6.45, 7) is 2.53. The van der Waals surface area contributed by atoms with Crippen LogP contribution in [0.2, 0.25) is 0 Å². The van der Waals surface area contributed by atoms with E-state index in [1.807, 2.05) is 0 Å². The molecule has 1 fully saturated rings. The first-order valence-corrected chi connectivity index (χ1v) is 7.29. The van der Waals surface area contributed by atoms with Crippen molar-refractivity contribution in [3.63, 3.8) is 0 Å². The van der Waals surface area contributed by atoms with Gasteiger partial charge in [0.15, 0.2) is 9.84 Å². The summed E-state index contributed by atoms with van der Waals surface area (Å²) in [5, 5.41) is 4.44. The fraction of sp³-hybridized carbons (Fsp3) is 0.700. The van der Waals surface area contributed by atoms with Gasteiger partial charge in [-0.15, -0.1) is 0 Å². The van der Waals surface area contributed by atoms with Crippen LogP contribution in [0.3, 0.4) is 0 Å². The van der Waals surface area contributed by atoms with E-state index < -0.39 is 38.3 Å². The molecule has 0 saturated carbocycles. The van der Waals surface area contributed by atoms with E-state index in [0.717, 1.165) is 6.26 Å². The van der Waals surface area contributed by atoms with Crippen LogP contribution in [0.1, 0.15) is 26.7 Å². The maximum absolute atomic E-state index is 11.9. The molecular weight excluding hydrogens is 260 g/mol. The predicted octanol–water partition coefficient (Wildman–Crippen LogP) is -1.27. The molecule has 1 saturated heterocycles. The molecule has 8 heteroatoms. The number of hydrogen-bond acceptors (Lipinski definition) is 5. The van der Waals surface area contributed by atoms with E-state index in [1.165, 1.54) is 13.8 Å². The average molecular weight is 276 g/mol. The second-order valence-corrected chi connectivity index (χ2v) is 7.32. The van der Waals surface area contributed by atoms with Crippen LogP contribution in [0.15, 0.2) is 0 Å². The first-order valence-electron chi connectivity index (χ1n) is 5.40. The number of nitrogens with one attached hydrogen (secondary N) is 2. The van der Waals surface area contributed by atoms with Gasteiger partial charge in [-0.2, -0.15) is 0 Å². The van der Waals surface area contributed by atoms with Crippen molar-refractivity contribution in [3.8, 4) is 0 Å². The zero-order valence-electron chi connectivity index (χ0n) is 10.4. The minimum atomic E-state index is -3.59. The van der Waals surface area contributed by atoms with Gasteiger partial charge >= 0.3 is 0 Å². The third-order valence-corrected chi connectivity index (χ3v) is 5.06. The molecule has 0 aromatic rings. The van der Waals surface area contributed by atoms with Crippen LogP contribution >= 0.6 is 0 Å². The number of sulfone groups is 1. The fourth-order valence-corrected chi connectivity index (χ4v) is 1.73. The standard InChI is InChI=1S/C10H16N2O5S/c1-10(2,18(3,16)17)9(15)11-6-4-5-7(13)12-8(6)14/h6H,4-5H2,1-3H3,(H,11,15)(H,12,13,14). The number of amides is 3. The molecule has 1 atom stereocenters. The van der Waals surface area contributed by atoms with Gasteiger partial charge in [0.1, 0.15) is 10.8 Å². The molecule has 18 heavy (non-hydrogen) atoms. The molecule has 1 heterocycles. The Morgan fingerprint density at radius 2 is 1.94 bits per heavy atom. The van der Waals surface area contributed by atoms with Gasteiger partial charge in [-0.25, -0.2) is 8.42 Å². The van der Waals surface area contributed by atoms with Crippen LogP contribution in [0, 0.1) is 0 Å². The van der Waals surface area contributed by atoms with Crippen LogP contribution < -0.4 is 10.6 Å². The zero-order chi connectivity index (χ0) is 14.1. The molecule has 7 nitrogen and oxygen atoms in total. The van der Waals surface area contributed by atoms with Gasteiger partial charge in [0.25, 0.3) is 0 Å². The van der Waals surface area contributed by atoms with Crippen molar-refractivity contribution in [2.75, 3.05) is 6.26 Å². The van der Waals surface area contributed by atoms with Crippen molar-refractivity contribution in [1.29, 1.82) is 0 Å². The smallest absolute Gasteiger partial charge is 0.249 e. The number of piperidine rings is 1. The van der Waals surface area contributed by atoms with Crippen molar-refractivity contribution in [1.82, 2.24) is 10.6 Å². The first-order chi connectivity index (χ1) is 8.05. The first kappa shape index (κ1) is 14.6. The zero-order valence-corrected chi connectivity index (χ0v) is 11.3. The lowest BCUT2D eigenvalue weighted by molar-refractivity contribution is -0.137. The van der Waals surface area contributed by atoms with Crippen LogP contribution in [-0.4, -0.2) is 43.2 Å². The van der Waals surface area contributed by atoms with Crippen LogP contribution in [-0.2, 0) is 24.2 Å². The molecule has 1 unspecified atom stereocenters. The van der Waals surface area contributed by atoms with Gasteiger partial charge in [-0.1, -0.05) is 0 Å². The Morgan fingerprint density at radius 1 is 1.39 bits per heavy atom. The Morgan fingerprint density at radius 3 is 2.39 bits per heavy atom. The van der Waals surface area contributed by atoms with Gasteiger partial charge in [0, 0.05) is 12.7 Å². The minimum Gasteiger partial charge on any atom is -0.343 e.